The first kappa shape index (κ1) is 65.6. The van der Waals surface area contributed by atoms with Crippen molar-refractivity contribution in [1.29, 1.82) is 0 Å². The molecule has 3 N–H and O–H groups in total. The fourth-order valence-electron chi connectivity index (χ4n) is 8.87. The van der Waals surface area contributed by atoms with E-state index in [1.165, 1.54) is 212 Å². The molecule has 0 saturated heterocycles. The summed E-state index contributed by atoms with van der Waals surface area (Å²) in [5.41, 5.74) is 0. The predicted molar refractivity (Wildman–Crippen MR) is 303 cm³/mol. The molecule has 0 bridgehead atoms. The first-order valence-corrected chi connectivity index (χ1v) is 29.8. The molecule has 4 heteroatoms. The minimum atomic E-state index is -0.867. The van der Waals surface area contributed by atoms with Crippen molar-refractivity contribution in [1.82, 2.24) is 5.32 Å². The van der Waals surface area contributed by atoms with E-state index in [2.05, 4.69) is 92.1 Å². The highest BCUT2D eigenvalue weighted by Gasteiger charge is 2.18. The van der Waals surface area contributed by atoms with Gasteiger partial charge in [-0.1, -0.05) is 298 Å². The SMILES string of the molecule is CC/C=C\C/C=C\C/C=C\C/C=C\C/C=C\CCCCCCCCCCCCCCCCCC(=O)NC(CO)C(O)/C=C/CC/C=C/CCCCCCCCCCCCCCCCCCCCC. The largest absolute Gasteiger partial charge is 0.394 e. The van der Waals surface area contributed by atoms with Gasteiger partial charge < -0.3 is 15.5 Å². The van der Waals surface area contributed by atoms with Crippen LogP contribution in [0.3, 0.4) is 0 Å². The Morgan fingerprint density at radius 2 is 0.662 bits per heavy atom. The summed E-state index contributed by atoms with van der Waals surface area (Å²) in [6.07, 6.45) is 86.2. The molecule has 4 nitrogen and oxygen atoms in total. The molecule has 68 heavy (non-hydrogen) atoms. The van der Waals surface area contributed by atoms with Gasteiger partial charge in [0, 0.05) is 6.42 Å². The monoisotopic (exact) mass is 946 g/mol. The summed E-state index contributed by atoms with van der Waals surface area (Å²) < 4.78 is 0. The number of hydrogen-bond donors (Lipinski definition) is 3. The Bertz CT molecular complexity index is 1210. The van der Waals surface area contributed by atoms with Crippen molar-refractivity contribution in [2.45, 2.75) is 309 Å². The van der Waals surface area contributed by atoms with Gasteiger partial charge in [-0.25, -0.2) is 0 Å². The van der Waals surface area contributed by atoms with E-state index in [9.17, 15) is 15.0 Å². The van der Waals surface area contributed by atoms with E-state index in [4.69, 9.17) is 0 Å². The third-order valence-corrected chi connectivity index (χ3v) is 13.4. The summed E-state index contributed by atoms with van der Waals surface area (Å²) in [4.78, 5) is 12.5. The van der Waals surface area contributed by atoms with Gasteiger partial charge >= 0.3 is 0 Å². The zero-order valence-corrected chi connectivity index (χ0v) is 45.4. The van der Waals surface area contributed by atoms with Crippen molar-refractivity contribution in [3.63, 3.8) is 0 Å². The van der Waals surface area contributed by atoms with Crippen LogP contribution in [0.1, 0.15) is 296 Å². The second-order valence-corrected chi connectivity index (χ2v) is 20.0. The highest BCUT2D eigenvalue weighted by Crippen LogP contribution is 2.17. The molecule has 2 atom stereocenters. The molecule has 0 aromatic carbocycles. The van der Waals surface area contributed by atoms with Crippen LogP contribution in [0.2, 0.25) is 0 Å². The normalized spacial score (nSPS) is 13.4. The van der Waals surface area contributed by atoms with E-state index < -0.39 is 12.1 Å². The molecule has 0 aliphatic carbocycles. The Morgan fingerprint density at radius 3 is 1.03 bits per heavy atom. The van der Waals surface area contributed by atoms with Crippen LogP contribution in [0.15, 0.2) is 85.1 Å². The quantitative estimate of drug-likeness (QED) is 0.0420. The first-order valence-electron chi connectivity index (χ1n) is 29.8. The second kappa shape index (κ2) is 58.9. The van der Waals surface area contributed by atoms with Crippen LogP contribution >= 0.6 is 0 Å². The van der Waals surface area contributed by atoms with Gasteiger partial charge in [0.05, 0.1) is 18.8 Å². The molecule has 0 aromatic rings. The highest BCUT2D eigenvalue weighted by molar-refractivity contribution is 5.76. The molecular weight excluding hydrogens is 831 g/mol. The molecule has 0 heterocycles. The summed E-state index contributed by atoms with van der Waals surface area (Å²) in [5, 5.41) is 23.2. The fourth-order valence-corrected chi connectivity index (χ4v) is 8.87. The topological polar surface area (TPSA) is 69.6 Å². The zero-order valence-electron chi connectivity index (χ0n) is 45.4. The number of amides is 1. The van der Waals surface area contributed by atoms with Gasteiger partial charge in [-0.3, -0.25) is 4.79 Å². The van der Waals surface area contributed by atoms with Crippen LogP contribution in [0.4, 0.5) is 0 Å². The number of rotatable bonds is 54. The molecule has 0 aromatic heterocycles. The minimum absolute atomic E-state index is 0.0735. The third kappa shape index (κ3) is 54.5. The molecule has 0 aliphatic rings. The molecule has 0 saturated carbocycles. The molecule has 1 amide bonds. The lowest BCUT2D eigenvalue weighted by molar-refractivity contribution is -0.123. The smallest absolute Gasteiger partial charge is 0.220 e. The van der Waals surface area contributed by atoms with Gasteiger partial charge in [-0.2, -0.15) is 0 Å². The van der Waals surface area contributed by atoms with Crippen LogP contribution in [-0.4, -0.2) is 34.9 Å². The molecular formula is C64H115NO3. The number of carbonyl (C=O) groups excluding carboxylic acids is 1. The Morgan fingerprint density at radius 1 is 0.368 bits per heavy atom. The van der Waals surface area contributed by atoms with Gasteiger partial charge in [-0.15, -0.1) is 0 Å². The molecule has 0 spiro atoms. The predicted octanol–water partition coefficient (Wildman–Crippen LogP) is 19.9. The summed E-state index contributed by atoms with van der Waals surface area (Å²) in [6.45, 7) is 4.21. The average molecular weight is 947 g/mol. The molecule has 0 fully saturated rings. The van der Waals surface area contributed by atoms with Gasteiger partial charge in [0.2, 0.25) is 5.91 Å². The van der Waals surface area contributed by atoms with Crippen LogP contribution in [-0.2, 0) is 4.79 Å². The minimum Gasteiger partial charge on any atom is -0.394 e. The van der Waals surface area contributed by atoms with Crippen molar-refractivity contribution in [2.24, 2.45) is 0 Å². The number of aliphatic hydroxyl groups is 2. The Kier molecular flexibility index (Phi) is 56.8. The van der Waals surface area contributed by atoms with Crippen molar-refractivity contribution < 1.29 is 15.0 Å². The van der Waals surface area contributed by atoms with E-state index in [0.717, 1.165) is 64.2 Å². The molecule has 0 rings (SSSR count). The number of allylic oxidation sites excluding steroid dienone is 13. The van der Waals surface area contributed by atoms with E-state index in [-0.39, 0.29) is 12.5 Å². The van der Waals surface area contributed by atoms with Crippen molar-refractivity contribution in [3.05, 3.63) is 85.1 Å². The number of hydrogen-bond acceptors (Lipinski definition) is 3. The highest BCUT2D eigenvalue weighted by atomic mass is 16.3. The maximum absolute atomic E-state index is 12.5. The number of aliphatic hydroxyl groups excluding tert-OH is 2. The summed E-state index contributed by atoms with van der Waals surface area (Å²) >= 11 is 0. The molecule has 0 aliphatic heterocycles. The Hall–Kier alpha value is -2.43. The van der Waals surface area contributed by atoms with Crippen LogP contribution in [0.25, 0.3) is 0 Å². The maximum atomic E-state index is 12.5. The van der Waals surface area contributed by atoms with Gasteiger partial charge in [0.15, 0.2) is 0 Å². The lowest BCUT2D eigenvalue weighted by atomic mass is 10.0. The van der Waals surface area contributed by atoms with E-state index in [1.54, 1.807) is 6.08 Å². The van der Waals surface area contributed by atoms with E-state index in [0.29, 0.717) is 6.42 Å². The van der Waals surface area contributed by atoms with Crippen molar-refractivity contribution >= 4 is 5.91 Å². The lowest BCUT2D eigenvalue weighted by Gasteiger charge is -2.19. The number of carbonyl (C=O) groups is 1. The van der Waals surface area contributed by atoms with Crippen LogP contribution in [0, 0.1) is 0 Å². The molecule has 2 unspecified atom stereocenters. The van der Waals surface area contributed by atoms with Crippen molar-refractivity contribution in [2.75, 3.05) is 6.61 Å². The maximum Gasteiger partial charge on any atom is 0.220 e. The van der Waals surface area contributed by atoms with Crippen LogP contribution < -0.4 is 5.32 Å². The number of unbranched alkanes of at least 4 members (excludes halogenated alkanes) is 35. The van der Waals surface area contributed by atoms with Crippen LogP contribution in [0.5, 0.6) is 0 Å². The molecule has 0 radical (unpaired) electrons. The van der Waals surface area contributed by atoms with E-state index >= 15 is 0 Å². The lowest BCUT2D eigenvalue weighted by Crippen LogP contribution is -2.45. The van der Waals surface area contributed by atoms with Gasteiger partial charge in [0.25, 0.3) is 0 Å². The second-order valence-electron chi connectivity index (χ2n) is 20.0. The van der Waals surface area contributed by atoms with Gasteiger partial charge in [0.1, 0.15) is 0 Å². The summed E-state index contributed by atoms with van der Waals surface area (Å²) in [7, 11) is 0. The first-order chi connectivity index (χ1) is 33.7. The Balaban J connectivity index is 3.53. The number of nitrogens with one attached hydrogen (secondary N) is 1. The Labute approximate surface area is 424 Å². The summed E-state index contributed by atoms with van der Waals surface area (Å²) in [5.74, 6) is -0.0735. The van der Waals surface area contributed by atoms with Crippen molar-refractivity contribution in [3.8, 4) is 0 Å². The van der Waals surface area contributed by atoms with E-state index in [1.807, 2.05) is 6.08 Å². The third-order valence-electron chi connectivity index (χ3n) is 13.4. The standard InChI is InChI=1S/C64H115NO3/c1-3-5-7-9-11-13-15-17-19-21-23-25-27-29-30-31-32-33-34-36-38-40-42-44-46-48-50-52-54-56-58-60-64(68)65-62(61-66)63(67)59-57-55-53-51-49-47-45-43-41-39-37-35-28-26-24-22-20-18-16-14-12-10-8-6-4-2/h5,7,11,13,17,19,23,25,29-30,49,51,57,59,62-63,66-67H,3-4,6,8-10,12,14-16,18,20-22,24,26-28,31-48,50,52-56,58,60-61H2,1-2H3,(H,65,68)/b7-5-,13-11-,19-17-,25-23-,30-29-,51-49+,59-57+. The van der Waals surface area contributed by atoms with Gasteiger partial charge in [-0.05, 0) is 77.0 Å². The zero-order chi connectivity index (χ0) is 49.2. The molecule has 394 valence electrons. The fraction of sp³-hybridized carbons (Fsp3) is 0.766. The summed E-state index contributed by atoms with van der Waals surface area (Å²) in [6, 6.07) is -0.644. The average Bonchev–Trinajstić information content (AvgIpc) is 3.34.